The molecule has 0 unspecified atom stereocenters. The van der Waals surface area contributed by atoms with E-state index in [1.54, 1.807) is 24.3 Å². The molecule has 19 heterocycles. The number of pyridine rings is 4. The number of nitrogens with zero attached hydrogens (tertiary/aromatic N) is 9. The summed E-state index contributed by atoms with van der Waals surface area (Å²) >= 11 is 0. The van der Waals surface area contributed by atoms with Crippen molar-refractivity contribution in [1.29, 1.82) is 0 Å². The molecule has 542 valence electrons. The topological polar surface area (TPSA) is 159 Å². The van der Waals surface area contributed by atoms with Crippen LogP contribution in [0.5, 0.6) is 23.4 Å². The summed E-state index contributed by atoms with van der Waals surface area (Å²) in [6.07, 6.45) is 24.4. The van der Waals surface area contributed by atoms with E-state index in [0.29, 0.717) is 35.9 Å². The van der Waals surface area contributed by atoms with E-state index >= 15 is 0 Å². The Kier molecular flexibility index (Phi) is 45.7. The minimum atomic E-state index is -0.257. The summed E-state index contributed by atoms with van der Waals surface area (Å²) in [5.74, 6) is 6.07. The van der Waals surface area contributed by atoms with Gasteiger partial charge in [-0.2, -0.15) is 13.5 Å². The Balaban J connectivity index is 0.000000293. The van der Waals surface area contributed by atoms with Crippen LogP contribution in [0, 0.1) is 57.3 Å². The quantitative estimate of drug-likeness (QED) is 0.141. The molecular formula is C79H132B2KN9O6S. The largest absolute Gasteiger partial charge is 1.00 e. The fourth-order valence-electron chi connectivity index (χ4n) is 13.2. The maximum absolute atomic E-state index is 11.1. The fraction of sp³-hybridized carbons (Fsp3) is 0.671. The SMILES string of the molecule is CB(C)B(C)C.CC.CCC.CCC.CCc1ccc(O[C@H]2CN3CCC2CC3)nc1.Cc1ccc(C)nc1.Cc1ccc(O[C@H]2CN3CCC2CC3)nc1.Cc1ccc(O[C@H]2CN3CCC2CC3)nc1.O[C@@H]1CN2CCC1CC2.Oc1ccccc1.S.[K+].[O-][C@H]1CN2CCC1CC2. The second-order valence-corrected chi connectivity index (χ2v) is 28.7. The molecule has 15 nitrogen and oxygen atoms in total. The van der Waals surface area contributed by atoms with Crippen molar-refractivity contribution in [2.24, 2.45) is 29.6 Å². The van der Waals surface area contributed by atoms with E-state index in [-0.39, 0.29) is 77.1 Å². The van der Waals surface area contributed by atoms with Gasteiger partial charge in [-0.1, -0.05) is 137 Å². The number of aliphatic hydroxyl groups is 1. The number of phenols is 1. The van der Waals surface area contributed by atoms with Crippen molar-refractivity contribution in [2.75, 3.05) is 98.2 Å². The van der Waals surface area contributed by atoms with Gasteiger partial charge in [0.05, 0.1) is 6.10 Å². The molecular weight excluding hydrogens is 1260 g/mol. The van der Waals surface area contributed by atoms with Gasteiger partial charge in [-0.3, -0.25) is 19.7 Å². The first kappa shape index (κ1) is 89.1. The molecule has 0 saturated carbocycles. The van der Waals surface area contributed by atoms with Crippen LogP contribution in [0.4, 0.5) is 0 Å². The Morgan fingerprint density at radius 2 is 0.745 bits per heavy atom. The summed E-state index contributed by atoms with van der Waals surface area (Å²) in [6, 6.07) is 25.0. The van der Waals surface area contributed by atoms with Gasteiger partial charge in [0.15, 0.2) is 0 Å². The second-order valence-electron chi connectivity index (χ2n) is 28.7. The van der Waals surface area contributed by atoms with Crippen molar-refractivity contribution in [3.05, 3.63) is 132 Å². The number of rotatable bonds is 8. The van der Waals surface area contributed by atoms with Crippen LogP contribution in [-0.4, -0.2) is 197 Å². The first-order chi connectivity index (χ1) is 46.3. The Bertz CT molecular complexity index is 2600. The second kappa shape index (κ2) is 50.3. The standard InChI is InChI=1S/C14H20N2O.2C13H18N2O.C7H13NO.C7H12NO.C7H9N.C6H6O.C4H12B2.2C3H8.C2H6.K.H2S/c1-2-11-3-4-14(15-9-11)17-13-10-16-7-5-12(13)6-8-16;2*1-10-2-3-13(14-8-10)16-12-9-15-6-4-11(12)5-7-15;2*9-7-5-8-3-1-6(7)2-4-8;1-6-3-4-7(2)8-5-6;7-6-4-2-1-3-5-6;1-5(2)6(3)4;2*1-3-2;1-2;;/h3-4,9,12-13H,2,5-8,10H2,1H3;2*2-3,8,11-12H,4-7,9H2,1H3;6-7,9H,1-5H2;6-7H,1-5H2;3-5H,1-2H3;1-5,7H;1-4H3;2*3H2,1-2H3;1-2H3;;1H2/q;;;;-1;;;;;;;+1;/t13-;2*12-;2*7-;;;;;;;;/m00010......../s1. The van der Waals surface area contributed by atoms with Gasteiger partial charge in [0, 0.05) is 74.9 Å². The first-order valence-electron chi connectivity index (χ1n) is 37.7. The molecule has 20 rings (SSSR count). The summed E-state index contributed by atoms with van der Waals surface area (Å²) in [5, 5.41) is 29.1. The zero-order chi connectivity index (χ0) is 69.8. The molecule has 2 N–H and O–H groups in total. The number of aromatic nitrogens is 4. The minimum absolute atomic E-state index is 0. The number of phenolic OH excluding ortho intramolecular Hbond substituents is 1. The Morgan fingerprint density at radius 3 is 0.929 bits per heavy atom. The van der Waals surface area contributed by atoms with E-state index in [1.807, 2.05) is 96.7 Å². The smallest absolute Gasteiger partial charge is 0.851 e. The summed E-state index contributed by atoms with van der Waals surface area (Å²) in [4.78, 5) is 29.2. The van der Waals surface area contributed by atoms with Crippen LogP contribution in [0.15, 0.2) is 104 Å². The molecule has 0 aliphatic carbocycles. The molecule has 0 amide bonds. The first-order valence-corrected chi connectivity index (χ1v) is 37.7. The van der Waals surface area contributed by atoms with Gasteiger partial charge in [-0.15, -0.1) is 6.10 Å². The number of piperidine rings is 15. The van der Waals surface area contributed by atoms with Crippen LogP contribution in [0.1, 0.15) is 153 Å². The summed E-state index contributed by atoms with van der Waals surface area (Å²) in [5.41, 5.74) is 5.93. The van der Waals surface area contributed by atoms with Gasteiger partial charge >= 0.3 is 51.4 Å². The van der Waals surface area contributed by atoms with Crippen molar-refractivity contribution in [3.63, 3.8) is 0 Å². The van der Waals surface area contributed by atoms with Crippen LogP contribution < -0.4 is 70.7 Å². The Morgan fingerprint density at radius 1 is 0.429 bits per heavy atom. The minimum Gasteiger partial charge on any atom is -0.851 e. The number of fused-ring (bicyclic) bond motifs is 15. The van der Waals surface area contributed by atoms with Gasteiger partial charge < -0.3 is 39.3 Å². The third kappa shape index (κ3) is 33.5. The van der Waals surface area contributed by atoms with E-state index in [2.05, 4.69) is 131 Å². The van der Waals surface area contributed by atoms with E-state index in [9.17, 15) is 10.2 Å². The van der Waals surface area contributed by atoms with Crippen LogP contribution >= 0.6 is 13.5 Å². The van der Waals surface area contributed by atoms with Crippen molar-refractivity contribution in [2.45, 2.75) is 217 Å². The van der Waals surface area contributed by atoms with Crippen molar-refractivity contribution in [3.8, 4) is 23.4 Å². The molecule has 4 aromatic heterocycles. The van der Waals surface area contributed by atoms with E-state index in [4.69, 9.17) is 19.3 Å². The number of benzene rings is 1. The van der Waals surface area contributed by atoms with Crippen LogP contribution in [0.25, 0.3) is 0 Å². The average Bonchev–Trinajstić information content (AvgIpc) is 1.62. The van der Waals surface area contributed by atoms with Crippen LogP contribution in [-0.2, 0) is 6.42 Å². The number of ether oxygens (including phenoxy) is 3. The molecule has 15 aliphatic heterocycles. The number of hydrogen-bond acceptors (Lipinski definition) is 15. The molecule has 5 atom stereocenters. The maximum Gasteiger partial charge on any atom is 1.00 e. The molecule has 0 spiro atoms. The predicted octanol–water partition coefficient (Wildman–Crippen LogP) is 11.0. The zero-order valence-corrected chi connectivity index (χ0v) is 68.2. The van der Waals surface area contributed by atoms with E-state index in [1.165, 1.54) is 152 Å². The zero-order valence-electron chi connectivity index (χ0n) is 64.1. The molecule has 5 aromatic rings. The van der Waals surface area contributed by atoms with Crippen LogP contribution in [0.3, 0.4) is 0 Å². The number of para-hydroxylation sites is 1. The molecule has 10 bridgehead atoms. The monoisotopic (exact) mass is 1400 g/mol. The molecule has 15 fully saturated rings. The Hall–Kier alpha value is -3.14. The van der Waals surface area contributed by atoms with Gasteiger partial charge in [0.1, 0.15) is 37.3 Å². The molecule has 19 heteroatoms. The Labute approximate surface area is 646 Å². The van der Waals surface area contributed by atoms with Gasteiger partial charge in [-0.05, 0) is 234 Å². The summed E-state index contributed by atoms with van der Waals surface area (Å²) in [7, 11) is 0. The van der Waals surface area contributed by atoms with Crippen molar-refractivity contribution in [1.82, 2.24) is 44.4 Å². The predicted molar refractivity (Wildman–Crippen MR) is 411 cm³/mol. The fourth-order valence-corrected chi connectivity index (χ4v) is 13.2. The van der Waals surface area contributed by atoms with E-state index in [0.717, 1.165) is 106 Å². The third-order valence-corrected chi connectivity index (χ3v) is 19.9. The van der Waals surface area contributed by atoms with Gasteiger partial charge in [0.2, 0.25) is 17.6 Å². The molecule has 1 aromatic carbocycles. The molecule has 15 saturated heterocycles. The molecule has 15 aliphatic rings. The average molecular weight is 1400 g/mol. The summed E-state index contributed by atoms with van der Waals surface area (Å²) < 4.78 is 18.0. The van der Waals surface area contributed by atoms with Crippen LogP contribution in [0.2, 0.25) is 27.3 Å². The molecule has 98 heavy (non-hydrogen) atoms. The number of hydrogen-bond donors (Lipinski definition) is 2. The molecule has 0 radical (unpaired) electrons. The number of aliphatic hydroxyl groups excluding tert-OH is 1. The van der Waals surface area contributed by atoms with Crippen molar-refractivity contribution < 1.29 is 80.9 Å². The van der Waals surface area contributed by atoms with E-state index < -0.39 is 0 Å². The van der Waals surface area contributed by atoms with Gasteiger partial charge in [0.25, 0.3) is 0 Å². The third-order valence-electron chi connectivity index (χ3n) is 19.9. The normalized spacial score (nSPS) is 27.5. The number of aromatic hydroxyl groups is 1. The summed E-state index contributed by atoms with van der Waals surface area (Å²) in [6.45, 7) is 50.8. The van der Waals surface area contributed by atoms with Gasteiger partial charge in [-0.25, -0.2) is 15.0 Å². The maximum atomic E-state index is 11.1. The van der Waals surface area contributed by atoms with Crippen molar-refractivity contribution >= 4 is 26.7 Å². The number of aryl methyl sites for hydroxylation is 5.